The van der Waals surface area contributed by atoms with Crippen LogP contribution in [-0.4, -0.2) is 41.2 Å². The van der Waals surface area contributed by atoms with Gasteiger partial charge in [-0.1, -0.05) is 25.1 Å². The van der Waals surface area contributed by atoms with Crippen molar-refractivity contribution in [2.24, 2.45) is 5.92 Å². The van der Waals surface area contributed by atoms with Crippen molar-refractivity contribution in [3.05, 3.63) is 41.6 Å². The zero-order valence-electron chi connectivity index (χ0n) is 14.0. The molecule has 7 heteroatoms. The third-order valence-electron chi connectivity index (χ3n) is 4.35. The summed E-state index contributed by atoms with van der Waals surface area (Å²) in [5, 5.41) is 2.80. The summed E-state index contributed by atoms with van der Waals surface area (Å²) in [6, 6.07) is 7.26. The number of carbonyl (C=O) groups excluding carboxylic acids is 3. The van der Waals surface area contributed by atoms with Gasteiger partial charge in [-0.15, -0.1) is 0 Å². The number of rotatable bonds is 4. The van der Waals surface area contributed by atoms with Gasteiger partial charge in [0.25, 0.3) is 5.91 Å². The molecule has 24 heavy (non-hydrogen) atoms. The summed E-state index contributed by atoms with van der Waals surface area (Å²) in [5.74, 6) is -1.40. The molecule has 3 amide bonds. The van der Waals surface area contributed by atoms with Crippen molar-refractivity contribution in [3.8, 4) is 0 Å². The molecule has 0 bridgehead atoms. The Morgan fingerprint density at radius 2 is 1.92 bits per heavy atom. The Morgan fingerprint density at radius 1 is 1.29 bits per heavy atom. The molecule has 1 aromatic carbocycles. The van der Waals surface area contributed by atoms with Gasteiger partial charge >= 0.3 is 0 Å². The van der Waals surface area contributed by atoms with E-state index in [9.17, 15) is 14.4 Å². The number of amides is 3. The van der Waals surface area contributed by atoms with Gasteiger partial charge in [0, 0.05) is 44.8 Å². The van der Waals surface area contributed by atoms with Gasteiger partial charge in [-0.2, -0.15) is 0 Å². The van der Waals surface area contributed by atoms with E-state index in [0.29, 0.717) is 12.1 Å². The van der Waals surface area contributed by atoms with Gasteiger partial charge in [-0.3, -0.25) is 9.59 Å². The first-order valence-electron chi connectivity index (χ1n) is 7.83. The summed E-state index contributed by atoms with van der Waals surface area (Å²) < 4.78 is 0. The van der Waals surface area contributed by atoms with Gasteiger partial charge in [0.15, 0.2) is 0 Å². The zero-order valence-corrected chi connectivity index (χ0v) is 16.8. The second-order valence-corrected chi connectivity index (χ2v) is 6.01. The maximum absolute atomic E-state index is 12.7. The van der Waals surface area contributed by atoms with Crippen molar-refractivity contribution in [1.29, 1.82) is 0 Å². The van der Waals surface area contributed by atoms with E-state index in [0.717, 1.165) is 12.8 Å². The first-order valence-corrected chi connectivity index (χ1v) is 7.83. The average Bonchev–Trinajstić information content (AvgIpc) is 2.68. The number of hydrogen-bond acceptors (Lipinski definition) is 3. The van der Waals surface area contributed by atoms with Gasteiger partial charge in [0.1, 0.15) is 6.04 Å². The van der Waals surface area contributed by atoms with Crippen LogP contribution in [0.1, 0.15) is 37.0 Å². The molecule has 2 N–H and O–H groups in total. The molecule has 2 rings (SSSR count). The van der Waals surface area contributed by atoms with E-state index in [1.54, 1.807) is 31.2 Å². The summed E-state index contributed by atoms with van der Waals surface area (Å²) in [5.41, 5.74) is 7.75. The molecule has 1 aliphatic heterocycles. The van der Waals surface area contributed by atoms with E-state index in [2.05, 4.69) is 5.32 Å². The molecule has 0 saturated carbocycles. The normalized spacial score (nSPS) is 22.1. The third kappa shape index (κ3) is 4.87. The predicted molar refractivity (Wildman–Crippen MR) is 86.6 cm³/mol. The molecule has 1 radical (unpaired) electrons. The molecule has 1 saturated heterocycles. The van der Waals surface area contributed by atoms with E-state index >= 15 is 0 Å². The van der Waals surface area contributed by atoms with Crippen LogP contribution in [0.4, 0.5) is 0 Å². The molecule has 1 aliphatic rings. The number of nitrogens with zero attached hydrogens (tertiary/aromatic N) is 1. The van der Waals surface area contributed by atoms with Gasteiger partial charge in [0.2, 0.25) is 5.91 Å². The SMILES string of the molecule is C[C@@H]1CCCN([C@@H](C)C([NH-])=O)C(=O)[C@H]1NC(=O)c1ccccc1.[Y]. The molecular weight excluding hydrogens is 383 g/mol. The van der Waals surface area contributed by atoms with Crippen molar-refractivity contribution in [2.45, 2.75) is 38.8 Å². The molecule has 1 heterocycles. The molecule has 0 spiro atoms. The zero-order chi connectivity index (χ0) is 17.0. The van der Waals surface area contributed by atoms with E-state index in [4.69, 9.17) is 5.73 Å². The largest absolute Gasteiger partial charge is 0.666 e. The molecular formula is C17H22N3O3Y-. The minimum atomic E-state index is -0.791. The fourth-order valence-electron chi connectivity index (χ4n) is 2.83. The number of likely N-dealkylation sites (tertiary alicyclic amines) is 1. The van der Waals surface area contributed by atoms with Crippen molar-refractivity contribution >= 4 is 17.7 Å². The fraction of sp³-hybridized carbons (Fsp3) is 0.471. The molecule has 3 atom stereocenters. The predicted octanol–water partition coefficient (Wildman–Crippen LogP) is 2.01. The second-order valence-electron chi connectivity index (χ2n) is 6.01. The number of benzene rings is 1. The molecule has 0 unspecified atom stereocenters. The molecule has 6 nitrogen and oxygen atoms in total. The van der Waals surface area contributed by atoms with Gasteiger partial charge in [-0.25, -0.2) is 0 Å². The Hall–Kier alpha value is -1.27. The van der Waals surface area contributed by atoms with Crippen LogP contribution >= 0.6 is 0 Å². The fourth-order valence-corrected chi connectivity index (χ4v) is 2.83. The summed E-state index contributed by atoms with van der Waals surface area (Å²) in [4.78, 5) is 37.8. The van der Waals surface area contributed by atoms with Crippen LogP contribution in [0, 0.1) is 5.92 Å². The van der Waals surface area contributed by atoms with Gasteiger partial charge < -0.3 is 20.7 Å². The Kier molecular flexibility index (Phi) is 8.03. The van der Waals surface area contributed by atoms with E-state index in [1.165, 1.54) is 4.90 Å². The Bertz CT molecular complexity index is 594. The monoisotopic (exact) mass is 405 g/mol. The standard InChI is InChI=1S/C17H23N3O3.Y/c1-11-7-6-10-20(12(2)15(18)21)17(23)14(11)19-16(22)13-8-4-3-5-9-13;/h3-5,8-9,11-12,14H,6-7,10H2,1-2H3,(H3,18,19,21,22);/p-1/t11-,12+,14+;/m1./s1. The van der Waals surface area contributed by atoms with Crippen LogP contribution in [-0.2, 0) is 42.3 Å². The number of carbonyl (C=O) groups is 3. The first-order chi connectivity index (χ1) is 10.9. The molecule has 0 aromatic heterocycles. The Balaban J connectivity index is 0.00000288. The summed E-state index contributed by atoms with van der Waals surface area (Å²) >= 11 is 0. The quantitative estimate of drug-likeness (QED) is 0.831. The topological polar surface area (TPSA) is 90.3 Å². The van der Waals surface area contributed by atoms with Crippen molar-refractivity contribution < 1.29 is 47.1 Å². The second kappa shape index (κ2) is 9.28. The van der Waals surface area contributed by atoms with Gasteiger partial charge in [0.05, 0.1) is 11.9 Å². The van der Waals surface area contributed by atoms with Crippen LogP contribution in [0.15, 0.2) is 30.3 Å². The van der Waals surface area contributed by atoms with Crippen LogP contribution in [0.2, 0.25) is 0 Å². The van der Waals surface area contributed by atoms with Crippen LogP contribution in [0.3, 0.4) is 0 Å². The van der Waals surface area contributed by atoms with Crippen LogP contribution < -0.4 is 5.32 Å². The minimum absolute atomic E-state index is 0. The van der Waals surface area contributed by atoms with Crippen LogP contribution in [0.5, 0.6) is 0 Å². The average molecular weight is 405 g/mol. The Labute approximate surface area is 167 Å². The molecule has 127 valence electrons. The van der Waals surface area contributed by atoms with Crippen molar-refractivity contribution in [1.82, 2.24) is 10.2 Å². The third-order valence-corrected chi connectivity index (χ3v) is 4.35. The van der Waals surface area contributed by atoms with Crippen molar-refractivity contribution in [3.63, 3.8) is 0 Å². The number of nitrogens with one attached hydrogen (secondary N) is 2. The Morgan fingerprint density at radius 3 is 2.50 bits per heavy atom. The molecule has 1 fully saturated rings. The maximum atomic E-state index is 12.7. The van der Waals surface area contributed by atoms with E-state index in [1.807, 2.05) is 13.0 Å². The van der Waals surface area contributed by atoms with E-state index in [-0.39, 0.29) is 50.4 Å². The first kappa shape index (κ1) is 20.8. The number of hydrogen-bond donors (Lipinski definition) is 1. The van der Waals surface area contributed by atoms with E-state index < -0.39 is 18.0 Å². The van der Waals surface area contributed by atoms with Crippen LogP contribution in [0.25, 0.3) is 5.73 Å². The summed E-state index contributed by atoms with van der Waals surface area (Å²) in [6.07, 6.45) is 1.53. The molecule has 1 aromatic rings. The van der Waals surface area contributed by atoms with Gasteiger partial charge in [-0.05, 0) is 37.8 Å². The molecule has 0 aliphatic carbocycles. The maximum Gasteiger partial charge on any atom is 0.251 e. The van der Waals surface area contributed by atoms with Crippen molar-refractivity contribution in [2.75, 3.05) is 6.54 Å². The minimum Gasteiger partial charge on any atom is -0.666 e. The summed E-state index contributed by atoms with van der Waals surface area (Å²) in [7, 11) is 0. The smallest absolute Gasteiger partial charge is 0.251 e. The summed E-state index contributed by atoms with van der Waals surface area (Å²) in [6.45, 7) is 3.91.